The van der Waals surface area contributed by atoms with Crippen LogP contribution in [0.25, 0.3) is 0 Å². The number of aromatic nitrogens is 1. The monoisotopic (exact) mass is 380 g/mol. The number of nitrogens with zero attached hydrogens (tertiary/aromatic N) is 1. The fourth-order valence-corrected chi connectivity index (χ4v) is 4.13. The minimum absolute atomic E-state index is 0.140. The van der Waals surface area contributed by atoms with E-state index in [1.165, 1.54) is 25.1 Å². The standard InChI is InChI=1S/C19H19F3N2OS/c1-11-2-4-14(5-3-11)26-17-8-12(6-7-23-17)19(25)24-13-9-15(20)18(22)16(21)10-13/h6-11,14H,2-5H2,1H3,(H,24,25). The average Bonchev–Trinajstić information content (AvgIpc) is 2.62. The molecule has 1 amide bonds. The van der Waals surface area contributed by atoms with Crippen LogP contribution in [0.4, 0.5) is 18.9 Å². The summed E-state index contributed by atoms with van der Waals surface area (Å²) >= 11 is 1.65. The highest BCUT2D eigenvalue weighted by molar-refractivity contribution is 7.99. The van der Waals surface area contributed by atoms with Crippen molar-refractivity contribution in [2.75, 3.05) is 5.32 Å². The second-order valence-corrected chi connectivity index (χ2v) is 7.91. The Morgan fingerprint density at radius 3 is 2.42 bits per heavy atom. The van der Waals surface area contributed by atoms with Crippen LogP contribution in [0.1, 0.15) is 43.0 Å². The van der Waals surface area contributed by atoms with Gasteiger partial charge in [0.1, 0.15) is 0 Å². The molecule has 1 aliphatic carbocycles. The molecule has 1 heterocycles. The molecular formula is C19H19F3N2OS. The van der Waals surface area contributed by atoms with Gasteiger partial charge < -0.3 is 5.32 Å². The van der Waals surface area contributed by atoms with Crippen molar-refractivity contribution < 1.29 is 18.0 Å². The fourth-order valence-electron chi connectivity index (χ4n) is 2.96. The number of nitrogens with one attached hydrogen (secondary N) is 1. The molecule has 1 aromatic carbocycles. The van der Waals surface area contributed by atoms with Crippen LogP contribution in [0.2, 0.25) is 0 Å². The SMILES string of the molecule is CC1CCC(Sc2cc(C(=O)Nc3cc(F)c(F)c(F)c3)ccn2)CC1. The molecule has 138 valence electrons. The molecule has 0 atom stereocenters. The van der Waals surface area contributed by atoms with Gasteiger partial charge in [0, 0.05) is 34.8 Å². The number of halogens is 3. The number of amides is 1. The van der Waals surface area contributed by atoms with Crippen molar-refractivity contribution >= 4 is 23.4 Å². The van der Waals surface area contributed by atoms with Crippen LogP contribution >= 0.6 is 11.8 Å². The summed E-state index contributed by atoms with van der Waals surface area (Å²) in [7, 11) is 0. The summed E-state index contributed by atoms with van der Waals surface area (Å²) in [6.45, 7) is 2.26. The van der Waals surface area contributed by atoms with Gasteiger partial charge in [-0.1, -0.05) is 6.92 Å². The van der Waals surface area contributed by atoms with E-state index in [-0.39, 0.29) is 5.69 Å². The Morgan fingerprint density at radius 1 is 1.12 bits per heavy atom. The maximum Gasteiger partial charge on any atom is 0.255 e. The first-order chi connectivity index (χ1) is 12.4. The van der Waals surface area contributed by atoms with E-state index in [0.717, 1.165) is 35.9 Å². The maximum atomic E-state index is 13.3. The highest BCUT2D eigenvalue weighted by atomic mass is 32.2. The Labute approximate surface area is 154 Å². The minimum Gasteiger partial charge on any atom is -0.322 e. The van der Waals surface area contributed by atoms with Crippen molar-refractivity contribution in [1.29, 1.82) is 0 Å². The van der Waals surface area contributed by atoms with Gasteiger partial charge in [0.05, 0.1) is 5.03 Å². The zero-order valence-electron chi connectivity index (χ0n) is 14.3. The zero-order valence-corrected chi connectivity index (χ0v) is 15.1. The van der Waals surface area contributed by atoms with Gasteiger partial charge in [0.25, 0.3) is 5.91 Å². The van der Waals surface area contributed by atoms with Crippen molar-refractivity contribution in [2.45, 2.75) is 42.9 Å². The van der Waals surface area contributed by atoms with Crippen molar-refractivity contribution in [2.24, 2.45) is 5.92 Å². The highest BCUT2D eigenvalue weighted by Gasteiger charge is 2.20. The first-order valence-corrected chi connectivity index (χ1v) is 9.39. The summed E-state index contributed by atoms with van der Waals surface area (Å²) in [6.07, 6.45) is 6.17. The lowest BCUT2D eigenvalue weighted by Gasteiger charge is -2.25. The molecule has 3 rings (SSSR count). The number of carbonyl (C=O) groups is 1. The number of thioether (sulfide) groups is 1. The Balaban J connectivity index is 1.68. The topological polar surface area (TPSA) is 42.0 Å². The number of benzene rings is 1. The van der Waals surface area contributed by atoms with E-state index >= 15 is 0 Å². The molecule has 0 saturated heterocycles. The van der Waals surface area contributed by atoms with E-state index in [4.69, 9.17) is 0 Å². The average molecular weight is 380 g/mol. The molecular weight excluding hydrogens is 361 g/mol. The number of hydrogen-bond acceptors (Lipinski definition) is 3. The molecule has 0 aliphatic heterocycles. The third-order valence-electron chi connectivity index (χ3n) is 4.49. The molecule has 1 saturated carbocycles. The van der Waals surface area contributed by atoms with E-state index in [0.29, 0.717) is 10.8 Å². The highest BCUT2D eigenvalue weighted by Crippen LogP contribution is 2.35. The lowest BCUT2D eigenvalue weighted by Crippen LogP contribution is -2.15. The zero-order chi connectivity index (χ0) is 18.7. The number of hydrogen-bond donors (Lipinski definition) is 1. The summed E-state index contributed by atoms with van der Waals surface area (Å²) in [5.74, 6) is -4.03. The van der Waals surface area contributed by atoms with Gasteiger partial charge in [0.15, 0.2) is 17.5 Å². The van der Waals surface area contributed by atoms with Gasteiger partial charge in [-0.05, 0) is 43.7 Å². The molecule has 26 heavy (non-hydrogen) atoms. The van der Waals surface area contributed by atoms with Crippen molar-refractivity contribution in [1.82, 2.24) is 4.98 Å². The molecule has 0 bridgehead atoms. The van der Waals surface area contributed by atoms with Gasteiger partial charge in [0.2, 0.25) is 0 Å². The number of anilines is 1. The predicted octanol–water partition coefficient (Wildman–Crippen LogP) is 5.42. The molecule has 1 aromatic heterocycles. The third kappa shape index (κ3) is 4.58. The Kier molecular flexibility index (Phi) is 5.86. The normalized spacial score (nSPS) is 20.0. The van der Waals surface area contributed by atoms with E-state index in [1.54, 1.807) is 17.8 Å². The number of rotatable bonds is 4. The molecule has 2 aromatic rings. The summed E-state index contributed by atoms with van der Waals surface area (Å²) in [5.41, 5.74) is 0.190. The Morgan fingerprint density at radius 2 is 1.77 bits per heavy atom. The van der Waals surface area contributed by atoms with Crippen LogP contribution in [0, 0.1) is 23.4 Å². The second kappa shape index (κ2) is 8.12. The van der Waals surface area contributed by atoms with Crippen LogP contribution in [-0.2, 0) is 0 Å². The Hall–Kier alpha value is -2.02. The van der Waals surface area contributed by atoms with Crippen molar-refractivity contribution in [3.8, 4) is 0 Å². The largest absolute Gasteiger partial charge is 0.322 e. The van der Waals surface area contributed by atoms with Gasteiger partial charge in [-0.3, -0.25) is 4.79 Å². The van der Waals surface area contributed by atoms with Gasteiger partial charge in [-0.2, -0.15) is 0 Å². The van der Waals surface area contributed by atoms with Crippen LogP contribution in [0.5, 0.6) is 0 Å². The summed E-state index contributed by atoms with van der Waals surface area (Å²) in [5, 5.41) is 3.61. The Bertz CT molecular complexity index is 784. The maximum absolute atomic E-state index is 13.3. The van der Waals surface area contributed by atoms with Gasteiger partial charge in [-0.25, -0.2) is 18.2 Å². The van der Waals surface area contributed by atoms with Crippen LogP contribution in [0.15, 0.2) is 35.5 Å². The molecule has 1 N–H and O–H groups in total. The second-order valence-electron chi connectivity index (χ2n) is 6.59. The first-order valence-electron chi connectivity index (χ1n) is 8.51. The fraction of sp³-hybridized carbons (Fsp3) is 0.368. The van der Waals surface area contributed by atoms with Crippen molar-refractivity contribution in [3.63, 3.8) is 0 Å². The quantitative estimate of drug-likeness (QED) is 0.720. The van der Waals surface area contributed by atoms with E-state index in [9.17, 15) is 18.0 Å². The molecule has 0 unspecified atom stereocenters. The molecule has 0 spiro atoms. The molecule has 1 aliphatic rings. The van der Waals surface area contributed by atoms with E-state index < -0.39 is 23.4 Å². The van der Waals surface area contributed by atoms with Crippen molar-refractivity contribution in [3.05, 3.63) is 53.5 Å². The lowest BCUT2D eigenvalue weighted by molar-refractivity contribution is 0.102. The predicted molar refractivity (Wildman–Crippen MR) is 95.8 cm³/mol. The molecule has 0 radical (unpaired) electrons. The summed E-state index contributed by atoms with van der Waals surface area (Å²) in [6, 6.07) is 4.68. The molecule has 1 fully saturated rings. The molecule has 7 heteroatoms. The minimum atomic E-state index is -1.56. The number of pyridine rings is 1. The number of carbonyl (C=O) groups excluding carboxylic acids is 1. The first kappa shape index (κ1) is 18.8. The van der Waals surface area contributed by atoms with E-state index in [1.807, 2.05) is 0 Å². The van der Waals surface area contributed by atoms with Gasteiger partial charge in [-0.15, -0.1) is 11.8 Å². The summed E-state index contributed by atoms with van der Waals surface area (Å²) in [4.78, 5) is 16.6. The van der Waals surface area contributed by atoms with Crippen LogP contribution in [-0.4, -0.2) is 16.1 Å². The smallest absolute Gasteiger partial charge is 0.255 e. The van der Waals surface area contributed by atoms with Gasteiger partial charge >= 0.3 is 0 Å². The summed E-state index contributed by atoms with van der Waals surface area (Å²) < 4.78 is 39.5. The third-order valence-corrected chi connectivity index (χ3v) is 5.76. The van der Waals surface area contributed by atoms with E-state index in [2.05, 4.69) is 17.2 Å². The lowest BCUT2D eigenvalue weighted by atomic mass is 9.91. The van der Waals surface area contributed by atoms with Crippen LogP contribution in [0.3, 0.4) is 0 Å². The molecule has 3 nitrogen and oxygen atoms in total. The van der Waals surface area contributed by atoms with Crippen LogP contribution < -0.4 is 5.32 Å².